The fourth-order valence-corrected chi connectivity index (χ4v) is 2.28. The smallest absolute Gasteiger partial charge is 0.251 e. The van der Waals surface area contributed by atoms with E-state index in [0.29, 0.717) is 11.6 Å². The van der Waals surface area contributed by atoms with Crippen molar-refractivity contribution in [3.05, 3.63) is 54.0 Å². The van der Waals surface area contributed by atoms with E-state index in [1.165, 1.54) is 0 Å². The van der Waals surface area contributed by atoms with Crippen LogP contribution in [0, 0.1) is 0 Å². The molecule has 2 aromatic rings. The average molecular weight is 284 g/mol. The topological polar surface area (TPSA) is 54.3 Å². The maximum absolute atomic E-state index is 11.9. The van der Waals surface area contributed by atoms with Gasteiger partial charge in [0.25, 0.3) is 5.91 Å². The van der Waals surface area contributed by atoms with Gasteiger partial charge < -0.3 is 15.1 Å². The number of amides is 1. The quantitative estimate of drug-likeness (QED) is 0.849. The Balaban J connectivity index is 1.64. The Labute approximate surface area is 124 Å². The van der Waals surface area contributed by atoms with E-state index >= 15 is 0 Å². The number of anilines is 1. The number of benzene rings is 1. The lowest BCUT2D eigenvalue weighted by Crippen LogP contribution is -2.25. The molecule has 0 spiro atoms. The van der Waals surface area contributed by atoms with Crippen molar-refractivity contribution in [1.29, 1.82) is 0 Å². The highest BCUT2D eigenvalue weighted by Gasteiger charge is 2.23. The van der Waals surface area contributed by atoms with Gasteiger partial charge in [-0.2, -0.15) is 0 Å². The van der Waals surface area contributed by atoms with Gasteiger partial charge in [0.2, 0.25) is 0 Å². The van der Waals surface area contributed by atoms with E-state index < -0.39 is 0 Å². The van der Waals surface area contributed by atoms with Gasteiger partial charge in [0.15, 0.2) is 0 Å². The Morgan fingerprint density at radius 3 is 2.62 bits per heavy atom. The van der Waals surface area contributed by atoms with Gasteiger partial charge >= 0.3 is 0 Å². The Morgan fingerprint density at radius 2 is 2.05 bits per heavy atom. The second-order valence-electron chi connectivity index (χ2n) is 5.45. The van der Waals surface area contributed by atoms with Crippen molar-refractivity contribution in [2.24, 2.45) is 0 Å². The second kappa shape index (κ2) is 6.04. The van der Waals surface area contributed by atoms with Gasteiger partial charge in [0.05, 0.1) is 12.3 Å². The number of furan rings is 1. The minimum absolute atomic E-state index is 0.0159. The minimum atomic E-state index is 0.0159. The Kier molecular flexibility index (Phi) is 3.95. The average Bonchev–Trinajstić information content (AvgIpc) is 3.15. The summed E-state index contributed by atoms with van der Waals surface area (Å²) in [4.78, 5) is 11.9. The van der Waals surface area contributed by atoms with Crippen molar-refractivity contribution in [2.45, 2.75) is 38.3 Å². The van der Waals surface area contributed by atoms with Crippen molar-refractivity contribution in [2.75, 3.05) is 5.32 Å². The van der Waals surface area contributed by atoms with E-state index in [0.717, 1.165) is 30.7 Å². The van der Waals surface area contributed by atoms with E-state index in [1.807, 2.05) is 36.4 Å². The highest BCUT2D eigenvalue weighted by Crippen LogP contribution is 2.23. The van der Waals surface area contributed by atoms with Crippen molar-refractivity contribution >= 4 is 11.6 Å². The molecule has 1 amide bonds. The number of carbonyl (C=O) groups excluding carboxylic acids is 1. The molecule has 3 rings (SSSR count). The molecule has 4 heteroatoms. The van der Waals surface area contributed by atoms with Crippen molar-refractivity contribution < 1.29 is 9.21 Å². The van der Waals surface area contributed by atoms with Crippen LogP contribution in [0.15, 0.2) is 47.1 Å². The van der Waals surface area contributed by atoms with E-state index in [2.05, 4.69) is 17.6 Å². The molecule has 4 nitrogen and oxygen atoms in total. The molecule has 0 bridgehead atoms. The lowest BCUT2D eigenvalue weighted by molar-refractivity contribution is 0.0951. The molecule has 1 heterocycles. The molecule has 21 heavy (non-hydrogen) atoms. The van der Waals surface area contributed by atoms with Gasteiger partial charge in [0.1, 0.15) is 5.76 Å². The van der Waals surface area contributed by atoms with E-state index in [9.17, 15) is 4.79 Å². The van der Waals surface area contributed by atoms with Crippen LogP contribution in [0.1, 0.15) is 48.3 Å². The summed E-state index contributed by atoms with van der Waals surface area (Å²) in [6.45, 7) is 2.11. The van der Waals surface area contributed by atoms with Crippen LogP contribution in [-0.2, 0) is 0 Å². The number of hydrogen-bond donors (Lipinski definition) is 2. The van der Waals surface area contributed by atoms with Crippen LogP contribution in [0.5, 0.6) is 0 Å². The standard InChI is InChI=1S/C17H20N2O2/c1-2-15(16-4-3-11-21-16)18-13-7-5-12(6-8-13)17(20)19-14-9-10-14/h3-8,11,14-15,18H,2,9-10H2,1H3,(H,19,20). The van der Waals surface area contributed by atoms with Crippen molar-refractivity contribution in [3.8, 4) is 0 Å². The van der Waals surface area contributed by atoms with Crippen LogP contribution in [0.3, 0.4) is 0 Å². The first-order valence-electron chi connectivity index (χ1n) is 7.47. The lowest BCUT2D eigenvalue weighted by atomic mass is 10.1. The Hall–Kier alpha value is -2.23. The van der Waals surface area contributed by atoms with Crippen LogP contribution in [0.25, 0.3) is 0 Å². The third kappa shape index (κ3) is 3.45. The molecule has 2 N–H and O–H groups in total. The van der Waals surface area contributed by atoms with Crippen LogP contribution in [0.2, 0.25) is 0 Å². The van der Waals surface area contributed by atoms with E-state index in [4.69, 9.17) is 4.42 Å². The zero-order valence-electron chi connectivity index (χ0n) is 12.1. The maximum atomic E-state index is 11.9. The van der Waals surface area contributed by atoms with Gasteiger partial charge in [-0.15, -0.1) is 0 Å². The second-order valence-corrected chi connectivity index (χ2v) is 5.45. The van der Waals surface area contributed by atoms with Crippen molar-refractivity contribution in [3.63, 3.8) is 0 Å². The predicted octanol–water partition coefficient (Wildman–Crippen LogP) is 3.74. The van der Waals surface area contributed by atoms with Crippen LogP contribution >= 0.6 is 0 Å². The summed E-state index contributed by atoms with van der Waals surface area (Å²) in [6.07, 6.45) is 4.82. The van der Waals surface area contributed by atoms with Gasteiger partial charge in [-0.3, -0.25) is 4.79 Å². The Morgan fingerprint density at radius 1 is 1.29 bits per heavy atom. The van der Waals surface area contributed by atoms with Crippen LogP contribution in [-0.4, -0.2) is 11.9 Å². The van der Waals surface area contributed by atoms with Crippen LogP contribution < -0.4 is 10.6 Å². The number of carbonyl (C=O) groups is 1. The normalized spacial score (nSPS) is 15.5. The summed E-state index contributed by atoms with van der Waals surface area (Å²) >= 11 is 0. The van der Waals surface area contributed by atoms with Crippen LogP contribution in [0.4, 0.5) is 5.69 Å². The zero-order valence-corrected chi connectivity index (χ0v) is 12.1. The summed E-state index contributed by atoms with van der Waals surface area (Å²) in [6, 6.07) is 12.0. The van der Waals surface area contributed by atoms with Gasteiger partial charge in [-0.05, 0) is 55.7 Å². The van der Waals surface area contributed by atoms with Gasteiger partial charge in [-0.25, -0.2) is 0 Å². The first-order chi connectivity index (χ1) is 10.3. The molecular formula is C17H20N2O2. The highest BCUT2D eigenvalue weighted by atomic mass is 16.3. The SMILES string of the molecule is CCC(Nc1ccc(C(=O)NC2CC2)cc1)c1ccco1. The molecule has 1 unspecified atom stereocenters. The summed E-state index contributed by atoms with van der Waals surface area (Å²) in [7, 11) is 0. The monoisotopic (exact) mass is 284 g/mol. The molecule has 0 aliphatic heterocycles. The molecule has 1 saturated carbocycles. The summed E-state index contributed by atoms with van der Waals surface area (Å²) in [5.74, 6) is 0.940. The minimum Gasteiger partial charge on any atom is -0.467 e. The number of nitrogens with one attached hydrogen (secondary N) is 2. The molecule has 0 radical (unpaired) electrons. The number of rotatable bonds is 6. The summed E-state index contributed by atoms with van der Waals surface area (Å²) in [5.41, 5.74) is 1.69. The first-order valence-corrected chi connectivity index (χ1v) is 7.47. The molecule has 1 aliphatic carbocycles. The molecule has 110 valence electrons. The Bertz CT molecular complexity index is 586. The molecule has 1 aromatic carbocycles. The van der Waals surface area contributed by atoms with Gasteiger partial charge in [0, 0.05) is 17.3 Å². The summed E-state index contributed by atoms with van der Waals surface area (Å²) < 4.78 is 5.44. The molecule has 0 saturated heterocycles. The predicted molar refractivity (Wildman–Crippen MR) is 82.3 cm³/mol. The molecule has 1 aliphatic rings. The first kappa shape index (κ1) is 13.7. The number of hydrogen-bond acceptors (Lipinski definition) is 3. The molecular weight excluding hydrogens is 264 g/mol. The molecule has 1 aromatic heterocycles. The van der Waals surface area contributed by atoms with E-state index in [-0.39, 0.29) is 11.9 Å². The van der Waals surface area contributed by atoms with Crippen molar-refractivity contribution in [1.82, 2.24) is 5.32 Å². The molecule has 1 atom stereocenters. The molecule has 1 fully saturated rings. The fraction of sp³-hybridized carbons (Fsp3) is 0.353. The van der Waals surface area contributed by atoms with E-state index in [1.54, 1.807) is 6.26 Å². The third-order valence-corrected chi connectivity index (χ3v) is 3.70. The summed E-state index contributed by atoms with van der Waals surface area (Å²) in [5, 5.41) is 6.41. The lowest BCUT2D eigenvalue weighted by Gasteiger charge is -2.16. The fourth-order valence-electron chi connectivity index (χ4n) is 2.28. The largest absolute Gasteiger partial charge is 0.467 e. The van der Waals surface area contributed by atoms with Gasteiger partial charge in [-0.1, -0.05) is 6.92 Å². The maximum Gasteiger partial charge on any atom is 0.251 e. The highest BCUT2D eigenvalue weighted by molar-refractivity contribution is 5.94. The third-order valence-electron chi connectivity index (χ3n) is 3.70. The zero-order chi connectivity index (χ0) is 14.7.